The Morgan fingerprint density at radius 1 is 1.28 bits per heavy atom. The maximum Gasteiger partial charge on any atom is 0.0703 e. The fourth-order valence-electron chi connectivity index (χ4n) is 2.31. The zero-order valence-electron chi connectivity index (χ0n) is 11.0. The second kappa shape index (κ2) is 5.02. The first-order valence-corrected chi connectivity index (χ1v) is 6.56. The van der Waals surface area contributed by atoms with Gasteiger partial charge in [0, 0.05) is 18.3 Å². The van der Waals surface area contributed by atoms with Gasteiger partial charge in [-0.3, -0.25) is 4.68 Å². The summed E-state index contributed by atoms with van der Waals surface area (Å²) in [6, 6.07) is 5.78. The Morgan fingerprint density at radius 2 is 2.00 bits per heavy atom. The molecule has 18 heavy (non-hydrogen) atoms. The highest BCUT2D eigenvalue weighted by molar-refractivity contribution is 6.33. The summed E-state index contributed by atoms with van der Waals surface area (Å²) in [6.45, 7) is 4.25. The zero-order valence-corrected chi connectivity index (χ0v) is 11.8. The van der Waals surface area contributed by atoms with E-state index in [9.17, 15) is 0 Å². The normalized spacial score (nSPS) is 10.9. The minimum atomic E-state index is 0.596. The van der Waals surface area contributed by atoms with E-state index in [-0.39, 0.29) is 0 Å². The lowest BCUT2D eigenvalue weighted by Gasteiger charge is -2.07. The summed E-state index contributed by atoms with van der Waals surface area (Å²) in [5.74, 6) is 0. The number of nitrogen functional groups attached to an aromatic ring is 1. The van der Waals surface area contributed by atoms with Crippen molar-refractivity contribution in [2.75, 3.05) is 5.73 Å². The highest BCUT2D eigenvalue weighted by Crippen LogP contribution is 2.32. The molecule has 0 radical (unpaired) electrons. The highest BCUT2D eigenvalue weighted by atomic mass is 35.5. The number of benzene rings is 1. The Labute approximate surface area is 113 Å². The van der Waals surface area contributed by atoms with E-state index in [4.69, 9.17) is 17.3 Å². The van der Waals surface area contributed by atoms with Crippen LogP contribution in [0.25, 0.3) is 11.1 Å². The lowest BCUT2D eigenvalue weighted by atomic mass is 10.00. The molecular formula is C14H18ClN3. The fraction of sp³-hybridized carbons (Fsp3) is 0.357. The standard InChI is InChI=1S/C14H18ClN3/c1-4-12-14(13(5-2)18(3)17-12)9-6-7-10(15)11(16)8-9/h6-8H,4-5,16H2,1-3H3. The average Bonchev–Trinajstić information content (AvgIpc) is 2.68. The van der Waals surface area contributed by atoms with Crippen LogP contribution in [0.5, 0.6) is 0 Å². The molecule has 1 heterocycles. The number of halogens is 1. The molecule has 0 saturated heterocycles. The number of aryl methyl sites for hydroxylation is 2. The Hall–Kier alpha value is -1.48. The SMILES string of the molecule is CCc1nn(C)c(CC)c1-c1ccc(Cl)c(N)c1. The quantitative estimate of drug-likeness (QED) is 0.862. The van der Waals surface area contributed by atoms with Crippen LogP contribution in [0.1, 0.15) is 25.2 Å². The molecular weight excluding hydrogens is 246 g/mol. The van der Waals surface area contributed by atoms with Crippen molar-refractivity contribution in [2.24, 2.45) is 7.05 Å². The van der Waals surface area contributed by atoms with E-state index >= 15 is 0 Å². The molecule has 2 rings (SSSR count). The Kier molecular flexibility index (Phi) is 3.62. The van der Waals surface area contributed by atoms with Gasteiger partial charge in [0.2, 0.25) is 0 Å². The largest absolute Gasteiger partial charge is 0.398 e. The van der Waals surface area contributed by atoms with E-state index in [2.05, 4.69) is 18.9 Å². The molecule has 0 atom stereocenters. The van der Waals surface area contributed by atoms with Crippen molar-refractivity contribution < 1.29 is 0 Å². The molecule has 2 aromatic rings. The number of nitrogens with zero attached hydrogens (tertiary/aromatic N) is 2. The summed E-state index contributed by atoms with van der Waals surface area (Å²) in [7, 11) is 1.99. The van der Waals surface area contributed by atoms with Gasteiger partial charge < -0.3 is 5.73 Å². The molecule has 3 nitrogen and oxygen atoms in total. The van der Waals surface area contributed by atoms with Crippen LogP contribution in [-0.2, 0) is 19.9 Å². The number of rotatable bonds is 3. The van der Waals surface area contributed by atoms with E-state index in [1.165, 1.54) is 11.3 Å². The molecule has 0 aliphatic heterocycles. The minimum absolute atomic E-state index is 0.596. The van der Waals surface area contributed by atoms with Crippen LogP contribution in [0.2, 0.25) is 5.02 Å². The van der Waals surface area contributed by atoms with Crippen LogP contribution in [0.15, 0.2) is 18.2 Å². The maximum absolute atomic E-state index is 5.97. The molecule has 0 amide bonds. The average molecular weight is 264 g/mol. The van der Waals surface area contributed by atoms with Crippen molar-refractivity contribution in [2.45, 2.75) is 26.7 Å². The summed E-state index contributed by atoms with van der Waals surface area (Å²) in [4.78, 5) is 0. The monoisotopic (exact) mass is 263 g/mol. The Bertz CT molecular complexity index is 573. The fourth-order valence-corrected chi connectivity index (χ4v) is 2.42. The second-order valence-corrected chi connectivity index (χ2v) is 4.74. The van der Waals surface area contributed by atoms with Crippen LogP contribution in [0.4, 0.5) is 5.69 Å². The number of anilines is 1. The van der Waals surface area contributed by atoms with Gasteiger partial charge in [-0.15, -0.1) is 0 Å². The number of nitrogens with two attached hydrogens (primary N) is 1. The third-order valence-corrected chi connectivity index (χ3v) is 3.54. The number of aromatic nitrogens is 2. The van der Waals surface area contributed by atoms with Crippen LogP contribution < -0.4 is 5.73 Å². The summed E-state index contributed by atoms with van der Waals surface area (Å²) < 4.78 is 1.96. The third-order valence-electron chi connectivity index (χ3n) is 3.19. The third kappa shape index (κ3) is 2.10. The van der Waals surface area contributed by atoms with Crippen LogP contribution in [0.3, 0.4) is 0 Å². The predicted molar refractivity (Wildman–Crippen MR) is 76.8 cm³/mol. The van der Waals surface area contributed by atoms with Crippen molar-refractivity contribution in [1.29, 1.82) is 0 Å². The molecule has 0 unspecified atom stereocenters. The van der Waals surface area contributed by atoms with Gasteiger partial charge >= 0.3 is 0 Å². The summed E-state index contributed by atoms with van der Waals surface area (Å²) >= 11 is 5.97. The van der Waals surface area contributed by atoms with Crippen LogP contribution in [0, 0.1) is 0 Å². The highest BCUT2D eigenvalue weighted by Gasteiger charge is 2.15. The molecule has 0 saturated carbocycles. The molecule has 0 aliphatic rings. The predicted octanol–water partition coefficient (Wildman–Crippen LogP) is 3.45. The topological polar surface area (TPSA) is 43.8 Å². The van der Waals surface area contributed by atoms with Crippen molar-refractivity contribution in [3.63, 3.8) is 0 Å². The van der Waals surface area contributed by atoms with Crippen molar-refractivity contribution in [3.05, 3.63) is 34.6 Å². The van der Waals surface area contributed by atoms with Gasteiger partial charge in [-0.1, -0.05) is 31.5 Å². The van der Waals surface area contributed by atoms with Crippen LogP contribution >= 0.6 is 11.6 Å². The van der Waals surface area contributed by atoms with Crippen LogP contribution in [-0.4, -0.2) is 9.78 Å². The Balaban J connectivity index is 2.64. The van der Waals surface area contributed by atoms with Crippen molar-refractivity contribution in [3.8, 4) is 11.1 Å². The van der Waals surface area contributed by atoms with Crippen molar-refractivity contribution >= 4 is 17.3 Å². The van der Waals surface area contributed by atoms with Gasteiger partial charge in [-0.25, -0.2) is 0 Å². The Morgan fingerprint density at radius 3 is 2.56 bits per heavy atom. The van der Waals surface area contributed by atoms with E-state index in [1.807, 2.05) is 29.9 Å². The molecule has 0 bridgehead atoms. The molecule has 1 aromatic heterocycles. The van der Waals surface area contributed by atoms with E-state index in [0.717, 1.165) is 24.1 Å². The first-order chi connectivity index (χ1) is 8.58. The molecule has 0 fully saturated rings. The molecule has 1 aromatic carbocycles. The van der Waals surface area contributed by atoms with E-state index in [1.54, 1.807) is 0 Å². The molecule has 2 N–H and O–H groups in total. The minimum Gasteiger partial charge on any atom is -0.398 e. The maximum atomic E-state index is 5.97. The molecule has 0 spiro atoms. The van der Waals surface area contributed by atoms with Gasteiger partial charge in [0.25, 0.3) is 0 Å². The van der Waals surface area contributed by atoms with Gasteiger partial charge in [0.15, 0.2) is 0 Å². The summed E-state index contributed by atoms with van der Waals surface area (Å²) in [5.41, 5.74) is 11.1. The second-order valence-electron chi connectivity index (χ2n) is 4.34. The first-order valence-electron chi connectivity index (χ1n) is 6.18. The smallest absolute Gasteiger partial charge is 0.0703 e. The molecule has 0 aliphatic carbocycles. The van der Waals surface area contributed by atoms with Gasteiger partial charge in [0.1, 0.15) is 0 Å². The zero-order chi connectivity index (χ0) is 13.3. The van der Waals surface area contributed by atoms with Gasteiger partial charge in [-0.2, -0.15) is 5.10 Å². The summed E-state index contributed by atoms with van der Waals surface area (Å²) in [6.07, 6.45) is 1.85. The molecule has 96 valence electrons. The lowest BCUT2D eigenvalue weighted by Crippen LogP contribution is -1.97. The van der Waals surface area contributed by atoms with E-state index < -0.39 is 0 Å². The number of hydrogen-bond acceptors (Lipinski definition) is 2. The summed E-state index contributed by atoms with van der Waals surface area (Å²) in [5, 5.41) is 5.17. The molecule has 4 heteroatoms. The van der Waals surface area contributed by atoms with Crippen molar-refractivity contribution in [1.82, 2.24) is 9.78 Å². The number of hydrogen-bond donors (Lipinski definition) is 1. The van der Waals surface area contributed by atoms with E-state index in [0.29, 0.717) is 10.7 Å². The first kappa shape index (κ1) is 13.0. The van der Waals surface area contributed by atoms with Gasteiger partial charge in [-0.05, 0) is 30.5 Å². The van der Waals surface area contributed by atoms with Gasteiger partial charge in [0.05, 0.1) is 16.4 Å². The lowest BCUT2D eigenvalue weighted by molar-refractivity contribution is 0.705.